The fourth-order valence-electron chi connectivity index (χ4n) is 1.71. The molecule has 0 radical (unpaired) electrons. The molecule has 80 valence electrons. The molecule has 1 unspecified atom stereocenters. The van der Waals surface area contributed by atoms with E-state index in [0.29, 0.717) is 6.61 Å². The molecular formula is C11H14N2OS. The minimum atomic E-state index is -0.235. The maximum absolute atomic E-state index is 8.76. The second-order valence-corrected chi connectivity index (χ2v) is 4.45. The van der Waals surface area contributed by atoms with Gasteiger partial charge in [0.05, 0.1) is 12.7 Å². The van der Waals surface area contributed by atoms with Crippen LogP contribution in [0.5, 0.6) is 0 Å². The van der Waals surface area contributed by atoms with E-state index in [1.807, 2.05) is 0 Å². The number of ether oxygens (including phenoxy) is 1. The van der Waals surface area contributed by atoms with Crippen LogP contribution in [-0.2, 0) is 11.2 Å². The summed E-state index contributed by atoms with van der Waals surface area (Å²) >= 11 is 1.74. The van der Waals surface area contributed by atoms with Crippen LogP contribution in [0.3, 0.4) is 0 Å². The normalized spacial score (nSPS) is 22.5. The van der Waals surface area contributed by atoms with Gasteiger partial charge in [0.15, 0.2) is 6.10 Å². The van der Waals surface area contributed by atoms with Crippen molar-refractivity contribution in [1.29, 1.82) is 5.26 Å². The molecule has 1 aromatic rings. The average molecular weight is 222 g/mol. The van der Waals surface area contributed by atoms with Crippen LogP contribution < -0.4 is 0 Å². The minimum absolute atomic E-state index is 0.235. The Kier molecular flexibility index (Phi) is 3.73. The third kappa shape index (κ3) is 3.03. The number of rotatable bonds is 3. The van der Waals surface area contributed by atoms with Gasteiger partial charge in [-0.25, -0.2) is 0 Å². The fourth-order valence-corrected chi connectivity index (χ4v) is 2.41. The lowest BCUT2D eigenvalue weighted by molar-refractivity contribution is 0.00106. The molecule has 1 aliphatic heterocycles. The maximum Gasteiger partial charge on any atom is 0.156 e. The summed E-state index contributed by atoms with van der Waals surface area (Å²) in [5.41, 5.74) is 1.39. The Bertz CT molecular complexity index is 331. The van der Waals surface area contributed by atoms with Gasteiger partial charge >= 0.3 is 0 Å². The molecule has 0 aliphatic carbocycles. The summed E-state index contributed by atoms with van der Waals surface area (Å²) in [4.78, 5) is 2.30. The van der Waals surface area contributed by atoms with Crippen molar-refractivity contribution in [2.24, 2.45) is 0 Å². The van der Waals surface area contributed by atoms with Crippen LogP contribution in [0.15, 0.2) is 16.8 Å². The lowest BCUT2D eigenvalue weighted by Crippen LogP contribution is -2.42. The van der Waals surface area contributed by atoms with Crippen molar-refractivity contribution in [1.82, 2.24) is 4.90 Å². The first kappa shape index (κ1) is 10.6. The molecule has 2 heterocycles. The highest BCUT2D eigenvalue weighted by molar-refractivity contribution is 7.07. The molecule has 1 fully saturated rings. The number of morpholine rings is 1. The molecule has 15 heavy (non-hydrogen) atoms. The topological polar surface area (TPSA) is 36.3 Å². The van der Waals surface area contributed by atoms with Crippen molar-refractivity contribution >= 4 is 11.3 Å². The van der Waals surface area contributed by atoms with E-state index >= 15 is 0 Å². The molecule has 1 saturated heterocycles. The van der Waals surface area contributed by atoms with Gasteiger partial charge in [0, 0.05) is 19.6 Å². The fraction of sp³-hybridized carbons (Fsp3) is 0.545. The van der Waals surface area contributed by atoms with Crippen molar-refractivity contribution in [3.05, 3.63) is 22.4 Å². The smallest absolute Gasteiger partial charge is 0.156 e. The Morgan fingerprint density at radius 1 is 1.67 bits per heavy atom. The zero-order chi connectivity index (χ0) is 10.5. The van der Waals surface area contributed by atoms with Crippen LogP contribution in [0.2, 0.25) is 0 Å². The standard InChI is InChI=1S/C11H14N2OS/c12-7-11-8-13(4-5-14-11)3-1-10-2-6-15-9-10/h2,6,9,11H,1,3-5,8H2. The van der Waals surface area contributed by atoms with Crippen molar-refractivity contribution in [2.75, 3.05) is 26.2 Å². The van der Waals surface area contributed by atoms with Gasteiger partial charge in [-0.05, 0) is 28.8 Å². The molecule has 0 spiro atoms. The van der Waals surface area contributed by atoms with Gasteiger partial charge in [-0.15, -0.1) is 0 Å². The first-order valence-corrected chi connectivity index (χ1v) is 6.07. The van der Waals surface area contributed by atoms with E-state index in [-0.39, 0.29) is 6.10 Å². The number of hydrogen-bond acceptors (Lipinski definition) is 4. The first-order chi connectivity index (χ1) is 7.38. The Hall–Kier alpha value is -0.890. The maximum atomic E-state index is 8.76. The van der Waals surface area contributed by atoms with Crippen molar-refractivity contribution < 1.29 is 4.74 Å². The van der Waals surface area contributed by atoms with E-state index in [0.717, 1.165) is 26.1 Å². The lowest BCUT2D eigenvalue weighted by atomic mass is 10.2. The van der Waals surface area contributed by atoms with Crippen LogP contribution in [0.25, 0.3) is 0 Å². The van der Waals surface area contributed by atoms with Gasteiger partial charge in [-0.2, -0.15) is 16.6 Å². The zero-order valence-electron chi connectivity index (χ0n) is 8.56. The first-order valence-electron chi connectivity index (χ1n) is 5.13. The molecule has 4 heteroatoms. The summed E-state index contributed by atoms with van der Waals surface area (Å²) in [6.45, 7) is 3.41. The number of hydrogen-bond donors (Lipinski definition) is 0. The lowest BCUT2D eigenvalue weighted by Gasteiger charge is -2.29. The Morgan fingerprint density at radius 3 is 3.33 bits per heavy atom. The van der Waals surface area contributed by atoms with Crippen molar-refractivity contribution in [3.8, 4) is 6.07 Å². The van der Waals surface area contributed by atoms with Gasteiger partial charge < -0.3 is 4.74 Å². The molecule has 0 bridgehead atoms. The van der Waals surface area contributed by atoms with Gasteiger partial charge in [0.2, 0.25) is 0 Å². The number of nitriles is 1. The summed E-state index contributed by atoms with van der Waals surface area (Å²) in [7, 11) is 0. The summed E-state index contributed by atoms with van der Waals surface area (Å²) in [6, 6.07) is 4.32. The molecule has 0 amide bonds. The summed E-state index contributed by atoms with van der Waals surface area (Å²) < 4.78 is 5.29. The van der Waals surface area contributed by atoms with Gasteiger partial charge in [-0.3, -0.25) is 4.90 Å². The van der Waals surface area contributed by atoms with Crippen LogP contribution in [-0.4, -0.2) is 37.2 Å². The highest BCUT2D eigenvalue weighted by atomic mass is 32.1. The van der Waals surface area contributed by atoms with Crippen LogP contribution in [0.4, 0.5) is 0 Å². The quantitative estimate of drug-likeness (QED) is 0.778. The molecule has 2 rings (SSSR count). The molecule has 1 aromatic heterocycles. The van der Waals surface area contributed by atoms with Crippen molar-refractivity contribution in [2.45, 2.75) is 12.5 Å². The third-order valence-electron chi connectivity index (χ3n) is 2.59. The Balaban J connectivity index is 1.77. The summed E-state index contributed by atoms with van der Waals surface area (Å²) in [5, 5.41) is 13.0. The van der Waals surface area contributed by atoms with E-state index in [1.165, 1.54) is 5.56 Å². The largest absolute Gasteiger partial charge is 0.361 e. The van der Waals surface area contributed by atoms with E-state index in [1.54, 1.807) is 11.3 Å². The third-order valence-corrected chi connectivity index (χ3v) is 3.32. The molecule has 3 nitrogen and oxygen atoms in total. The summed E-state index contributed by atoms with van der Waals surface area (Å²) in [5.74, 6) is 0. The second-order valence-electron chi connectivity index (χ2n) is 3.67. The SMILES string of the molecule is N#CC1CN(CCc2ccsc2)CCO1. The highest BCUT2D eigenvalue weighted by Crippen LogP contribution is 2.09. The number of thiophene rings is 1. The highest BCUT2D eigenvalue weighted by Gasteiger charge is 2.19. The molecule has 1 atom stereocenters. The molecule has 0 aromatic carbocycles. The molecule has 0 saturated carbocycles. The van der Waals surface area contributed by atoms with Gasteiger partial charge in [-0.1, -0.05) is 0 Å². The van der Waals surface area contributed by atoms with E-state index in [9.17, 15) is 0 Å². The second kappa shape index (κ2) is 5.26. The van der Waals surface area contributed by atoms with Crippen LogP contribution in [0.1, 0.15) is 5.56 Å². The van der Waals surface area contributed by atoms with Gasteiger partial charge in [0.1, 0.15) is 0 Å². The van der Waals surface area contributed by atoms with Crippen LogP contribution >= 0.6 is 11.3 Å². The Labute approximate surface area is 93.9 Å². The zero-order valence-corrected chi connectivity index (χ0v) is 9.37. The molecule has 1 aliphatic rings. The van der Waals surface area contributed by atoms with E-state index in [4.69, 9.17) is 10.00 Å². The monoisotopic (exact) mass is 222 g/mol. The van der Waals surface area contributed by atoms with E-state index < -0.39 is 0 Å². The predicted octanol–water partition coefficient (Wildman–Crippen LogP) is 1.51. The van der Waals surface area contributed by atoms with Crippen molar-refractivity contribution in [3.63, 3.8) is 0 Å². The molecule has 0 N–H and O–H groups in total. The van der Waals surface area contributed by atoms with E-state index in [2.05, 4.69) is 27.8 Å². The van der Waals surface area contributed by atoms with Gasteiger partial charge in [0.25, 0.3) is 0 Å². The minimum Gasteiger partial charge on any atom is -0.361 e. The predicted molar refractivity (Wildman–Crippen MR) is 59.8 cm³/mol. The van der Waals surface area contributed by atoms with Crippen LogP contribution in [0, 0.1) is 11.3 Å². The molecular weight excluding hydrogens is 208 g/mol. The summed E-state index contributed by atoms with van der Waals surface area (Å²) in [6.07, 6.45) is 0.836. The average Bonchev–Trinajstić information content (AvgIpc) is 2.79. The number of nitrogens with zero attached hydrogens (tertiary/aromatic N) is 2. The Morgan fingerprint density at radius 2 is 2.60 bits per heavy atom.